The molecule has 26 heavy (non-hydrogen) atoms. The van der Waals surface area contributed by atoms with Crippen LogP contribution in [0.4, 0.5) is 15.8 Å². The van der Waals surface area contributed by atoms with E-state index in [-0.39, 0.29) is 23.7 Å². The molecule has 3 aromatic rings. The average Bonchev–Trinajstić information content (AvgIpc) is 3.06. The third-order valence-corrected chi connectivity index (χ3v) is 3.83. The third kappa shape index (κ3) is 3.46. The quantitative estimate of drug-likeness (QED) is 0.537. The second kappa shape index (κ2) is 7.18. The van der Waals surface area contributed by atoms with Crippen LogP contribution in [0, 0.1) is 22.9 Å². The Bertz CT molecular complexity index is 940. The molecule has 1 N–H and O–H groups in total. The molecule has 3 rings (SSSR count). The number of aryl methyl sites for hydroxylation is 1. The van der Waals surface area contributed by atoms with Gasteiger partial charge in [-0.05, 0) is 18.6 Å². The molecule has 0 fully saturated rings. The fraction of sp³-hybridized carbons (Fsp3) is 0.176. The molecule has 0 aliphatic heterocycles. The molecule has 0 unspecified atom stereocenters. The molecule has 0 radical (unpaired) electrons. The summed E-state index contributed by atoms with van der Waals surface area (Å²) in [6, 6.07) is 5.78. The van der Waals surface area contributed by atoms with Crippen molar-refractivity contribution in [3.8, 4) is 11.6 Å². The highest BCUT2D eigenvalue weighted by Crippen LogP contribution is 2.32. The lowest BCUT2D eigenvalue weighted by atomic mass is 10.2. The molecule has 134 valence electrons. The number of benzene rings is 1. The lowest BCUT2D eigenvalue weighted by molar-refractivity contribution is -0.384. The molecular weight excluding hydrogens is 341 g/mol. The van der Waals surface area contributed by atoms with Crippen LogP contribution < -0.4 is 10.1 Å². The van der Waals surface area contributed by atoms with Crippen molar-refractivity contribution in [1.29, 1.82) is 0 Å². The largest absolute Gasteiger partial charge is 0.494 e. The number of nitrogens with zero attached hydrogens (tertiary/aromatic N) is 4. The monoisotopic (exact) mass is 357 g/mol. The highest BCUT2D eigenvalue weighted by Gasteiger charge is 2.19. The van der Waals surface area contributed by atoms with Crippen molar-refractivity contribution in [1.82, 2.24) is 14.5 Å². The zero-order chi connectivity index (χ0) is 18.7. The predicted molar refractivity (Wildman–Crippen MR) is 93.0 cm³/mol. The van der Waals surface area contributed by atoms with Crippen LogP contribution in [0.1, 0.15) is 11.4 Å². The fourth-order valence-corrected chi connectivity index (χ4v) is 2.47. The summed E-state index contributed by atoms with van der Waals surface area (Å²) in [5.74, 6) is 0.684. The third-order valence-electron chi connectivity index (χ3n) is 3.83. The van der Waals surface area contributed by atoms with Crippen LogP contribution in [0.25, 0.3) is 5.82 Å². The maximum Gasteiger partial charge on any atom is 0.295 e. The van der Waals surface area contributed by atoms with Gasteiger partial charge >= 0.3 is 0 Å². The summed E-state index contributed by atoms with van der Waals surface area (Å²) < 4.78 is 20.4. The Kier molecular flexibility index (Phi) is 4.78. The predicted octanol–water partition coefficient (Wildman–Crippen LogP) is 3.24. The summed E-state index contributed by atoms with van der Waals surface area (Å²) in [4.78, 5) is 19.0. The number of pyridine rings is 1. The van der Waals surface area contributed by atoms with E-state index in [9.17, 15) is 14.5 Å². The number of hydrogen-bond acceptors (Lipinski definition) is 6. The van der Waals surface area contributed by atoms with E-state index >= 15 is 0 Å². The van der Waals surface area contributed by atoms with E-state index in [0.717, 1.165) is 23.3 Å². The summed E-state index contributed by atoms with van der Waals surface area (Å²) in [6.45, 7) is 2.16. The molecule has 0 atom stereocenters. The van der Waals surface area contributed by atoms with Crippen LogP contribution >= 0.6 is 0 Å². The Labute approximate surface area is 148 Å². The van der Waals surface area contributed by atoms with Crippen molar-refractivity contribution in [3.63, 3.8) is 0 Å². The van der Waals surface area contributed by atoms with Gasteiger partial charge in [-0.15, -0.1) is 0 Å². The van der Waals surface area contributed by atoms with E-state index in [0.29, 0.717) is 0 Å². The number of aromatic nitrogens is 3. The van der Waals surface area contributed by atoms with Gasteiger partial charge in [0.1, 0.15) is 17.3 Å². The van der Waals surface area contributed by atoms with Gasteiger partial charge in [0.15, 0.2) is 11.6 Å². The molecule has 2 heterocycles. The number of anilines is 1. The van der Waals surface area contributed by atoms with Crippen molar-refractivity contribution < 1.29 is 14.1 Å². The molecule has 1 aromatic carbocycles. The van der Waals surface area contributed by atoms with Crippen LogP contribution in [-0.4, -0.2) is 26.6 Å². The summed E-state index contributed by atoms with van der Waals surface area (Å²) in [6.07, 6.45) is 5.16. The number of rotatable bonds is 6. The highest BCUT2D eigenvalue weighted by molar-refractivity contribution is 5.64. The van der Waals surface area contributed by atoms with Crippen LogP contribution in [0.5, 0.6) is 5.75 Å². The number of nitro groups is 1. The molecule has 0 spiro atoms. The van der Waals surface area contributed by atoms with Crippen molar-refractivity contribution in [2.24, 2.45) is 0 Å². The van der Waals surface area contributed by atoms with Crippen molar-refractivity contribution >= 4 is 11.4 Å². The minimum Gasteiger partial charge on any atom is -0.494 e. The van der Waals surface area contributed by atoms with Crippen molar-refractivity contribution in [3.05, 3.63) is 70.2 Å². The summed E-state index contributed by atoms with van der Waals surface area (Å²) in [5.41, 5.74) is 0.619. The number of nitrogens with one attached hydrogen (secondary N) is 1. The molecule has 9 heteroatoms. The van der Waals surface area contributed by atoms with E-state index in [2.05, 4.69) is 15.3 Å². The van der Waals surface area contributed by atoms with Gasteiger partial charge in [0.25, 0.3) is 5.69 Å². The number of ether oxygens (including phenoxy) is 1. The van der Waals surface area contributed by atoms with E-state index < -0.39 is 10.7 Å². The van der Waals surface area contributed by atoms with E-state index in [1.54, 1.807) is 12.4 Å². The SMILES string of the molecule is COc1cc(NCc2ccc(-n3ccnc3C)nc2)c([N+](=O)[O-])cc1F. The second-order valence-corrected chi connectivity index (χ2v) is 5.48. The van der Waals surface area contributed by atoms with Crippen molar-refractivity contribution in [2.45, 2.75) is 13.5 Å². The van der Waals surface area contributed by atoms with Gasteiger partial charge in [0.05, 0.1) is 18.1 Å². The maximum absolute atomic E-state index is 13.7. The van der Waals surface area contributed by atoms with Crippen LogP contribution in [0.3, 0.4) is 0 Å². The number of nitro benzene ring substituents is 1. The first-order valence-electron chi connectivity index (χ1n) is 7.70. The lowest BCUT2D eigenvalue weighted by Gasteiger charge is -2.10. The Morgan fingerprint density at radius 3 is 2.73 bits per heavy atom. The summed E-state index contributed by atoms with van der Waals surface area (Å²) in [7, 11) is 1.30. The zero-order valence-electron chi connectivity index (χ0n) is 14.1. The lowest BCUT2D eigenvalue weighted by Crippen LogP contribution is -2.05. The van der Waals surface area contributed by atoms with E-state index in [4.69, 9.17) is 4.74 Å². The Morgan fingerprint density at radius 1 is 1.35 bits per heavy atom. The second-order valence-electron chi connectivity index (χ2n) is 5.48. The number of hydrogen-bond donors (Lipinski definition) is 1. The first-order valence-corrected chi connectivity index (χ1v) is 7.70. The van der Waals surface area contributed by atoms with Crippen LogP contribution in [-0.2, 0) is 6.54 Å². The zero-order valence-corrected chi connectivity index (χ0v) is 14.1. The highest BCUT2D eigenvalue weighted by atomic mass is 19.1. The molecule has 0 aliphatic rings. The fourth-order valence-electron chi connectivity index (χ4n) is 2.47. The van der Waals surface area contributed by atoms with Gasteiger partial charge in [-0.3, -0.25) is 14.7 Å². The average molecular weight is 357 g/mol. The maximum atomic E-state index is 13.7. The summed E-state index contributed by atoms with van der Waals surface area (Å²) in [5, 5.41) is 14.1. The Balaban J connectivity index is 1.79. The first-order chi connectivity index (χ1) is 12.5. The Morgan fingerprint density at radius 2 is 2.15 bits per heavy atom. The van der Waals surface area contributed by atoms with E-state index in [1.807, 2.05) is 29.8 Å². The van der Waals surface area contributed by atoms with Crippen LogP contribution in [0.15, 0.2) is 42.9 Å². The van der Waals surface area contributed by atoms with Crippen LogP contribution in [0.2, 0.25) is 0 Å². The molecule has 8 nitrogen and oxygen atoms in total. The minimum atomic E-state index is -0.786. The number of halogens is 1. The minimum absolute atomic E-state index is 0.0674. The molecular formula is C17H16FN5O3. The van der Waals surface area contributed by atoms with Gasteiger partial charge in [-0.1, -0.05) is 6.07 Å². The molecule has 0 aliphatic carbocycles. The Hall–Kier alpha value is -3.49. The van der Waals surface area contributed by atoms with E-state index in [1.165, 1.54) is 13.2 Å². The number of methoxy groups -OCH3 is 1. The van der Waals surface area contributed by atoms with Gasteiger partial charge in [-0.25, -0.2) is 14.4 Å². The topological polar surface area (TPSA) is 95.1 Å². The molecule has 0 saturated heterocycles. The van der Waals surface area contributed by atoms with Gasteiger partial charge in [0.2, 0.25) is 0 Å². The molecule has 0 amide bonds. The van der Waals surface area contributed by atoms with Gasteiger partial charge in [0, 0.05) is 31.2 Å². The van der Waals surface area contributed by atoms with Crippen molar-refractivity contribution in [2.75, 3.05) is 12.4 Å². The standard InChI is InChI=1S/C17H16FN5O3/c1-11-19-5-6-22(11)17-4-3-12(10-21-17)9-20-14-8-16(26-2)13(18)7-15(14)23(24)25/h3-8,10,20H,9H2,1-2H3. The smallest absolute Gasteiger partial charge is 0.295 e. The normalized spacial score (nSPS) is 10.6. The number of imidazole rings is 1. The van der Waals surface area contributed by atoms with Gasteiger partial charge < -0.3 is 10.1 Å². The molecule has 2 aromatic heterocycles. The summed E-state index contributed by atoms with van der Waals surface area (Å²) >= 11 is 0. The first kappa shape index (κ1) is 17.3. The molecule has 0 saturated carbocycles. The molecule has 0 bridgehead atoms. The van der Waals surface area contributed by atoms with Gasteiger partial charge in [-0.2, -0.15) is 0 Å².